The summed E-state index contributed by atoms with van der Waals surface area (Å²) in [5.74, 6) is 1.19. The highest BCUT2D eigenvalue weighted by molar-refractivity contribution is 6.00. The number of nitrogens with one attached hydrogen (secondary N) is 1. The van der Waals surface area contributed by atoms with Gasteiger partial charge in [0.15, 0.2) is 0 Å². The summed E-state index contributed by atoms with van der Waals surface area (Å²) in [5.41, 5.74) is 6.28. The highest BCUT2D eigenvalue weighted by Gasteiger charge is 2.38. The molecule has 1 N–H and O–H groups in total. The quantitative estimate of drug-likeness (QED) is 0.569. The van der Waals surface area contributed by atoms with Crippen LogP contribution in [0, 0.1) is 33.6 Å². The number of amides is 2. The van der Waals surface area contributed by atoms with E-state index in [1.165, 1.54) is 11.1 Å². The third-order valence-electron chi connectivity index (χ3n) is 7.32. The van der Waals surface area contributed by atoms with E-state index in [4.69, 9.17) is 4.98 Å². The molecular formula is C29H34N6O2. The maximum Gasteiger partial charge on any atom is 0.228 e. The second-order valence-electron chi connectivity index (χ2n) is 10.2. The molecule has 2 aliphatic rings. The van der Waals surface area contributed by atoms with Gasteiger partial charge in [-0.1, -0.05) is 23.8 Å². The van der Waals surface area contributed by atoms with E-state index in [2.05, 4.69) is 41.2 Å². The Morgan fingerprint density at radius 3 is 2.32 bits per heavy atom. The molecule has 0 saturated carbocycles. The van der Waals surface area contributed by atoms with Gasteiger partial charge in [0.25, 0.3) is 0 Å². The van der Waals surface area contributed by atoms with Gasteiger partial charge in [0.05, 0.1) is 5.92 Å². The number of aryl methyl sites for hydroxylation is 4. The molecule has 8 nitrogen and oxygen atoms in total. The van der Waals surface area contributed by atoms with Crippen molar-refractivity contribution in [3.8, 4) is 0 Å². The van der Waals surface area contributed by atoms with Crippen LogP contribution in [-0.2, 0) is 9.59 Å². The van der Waals surface area contributed by atoms with Gasteiger partial charge >= 0.3 is 0 Å². The van der Waals surface area contributed by atoms with E-state index < -0.39 is 0 Å². The molecule has 0 bridgehead atoms. The highest BCUT2D eigenvalue weighted by Crippen LogP contribution is 2.28. The van der Waals surface area contributed by atoms with Crippen molar-refractivity contribution < 1.29 is 9.59 Å². The largest absolute Gasteiger partial charge is 0.340 e. The van der Waals surface area contributed by atoms with Gasteiger partial charge in [0, 0.05) is 62.3 Å². The van der Waals surface area contributed by atoms with Crippen molar-refractivity contribution in [3.63, 3.8) is 0 Å². The van der Waals surface area contributed by atoms with Crippen LogP contribution >= 0.6 is 0 Å². The van der Waals surface area contributed by atoms with E-state index in [0.717, 1.165) is 28.5 Å². The zero-order valence-electron chi connectivity index (χ0n) is 22.0. The maximum atomic E-state index is 13.3. The molecule has 2 fully saturated rings. The number of benzene rings is 2. The van der Waals surface area contributed by atoms with Crippen LogP contribution in [0.25, 0.3) is 0 Å². The molecule has 192 valence electrons. The van der Waals surface area contributed by atoms with Gasteiger partial charge in [-0.05, 0) is 63.1 Å². The summed E-state index contributed by atoms with van der Waals surface area (Å²) in [6, 6.07) is 16.2. The van der Waals surface area contributed by atoms with Crippen LogP contribution in [0.15, 0.2) is 48.5 Å². The minimum atomic E-state index is -0.304. The Morgan fingerprint density at radius 1 is 0.892 bits per heavy atom. The molecule has 3 heterocycles. The first kappa shape index (κ1) is 24.7. The summed E-state index contributed by atoms with van der Waals surface area (Å²) in [5, 5.41) is 3.36. The lowest BCUT2D eigenvalue weighted by molar-refractivity contribution is -0.136. The lowest BCUT2D eigenvalue weighted by Crippen LogP contribution is -2.51. The van der Waals surface area contributed by atoms with Crippen LogP contribution in [0.1, 0.15) is 28.8 Å². The van der Waals surface area contributed by atoms with Crippen molar-refractivity contribution in [2.45, 2.75) is 34.1 Å². The van der Waals surface area contributed by atoms with Crippen LogP contribution in [0.3, 0.4) is 0 Å². The summed E-state index contributed by atoms with van der Waals surface area (Å²) in [6.45, 7) is 11.0. The number of nitrogens with zero attached hydrogens (tertiary/aromatic N) is 5. The van der Waals surface area contributed by atoms with Gasteiger partial charge in [-0.15, -0.1) is 0 Å². The monoisotopic (exact) mass is 498 g/mol. The van der Waals surface area contributed by atoms with Gasteiger partial charge in [-0.25, -0.2) is 4.98 Å². The summed E-state index contributed by atoms with van der Waals surface area (Å²) in [6.07, 6.45) is 0.265. The van der Waals surface area contributed by atoms with E-state index in [9.17, 15) is 9.59 Å². The Bertz CT molecular complexity index is 1310. The third kappa shape index (κ3) is 5.43. The molecule has 1 unspecified atom stereocenters. The molecular weight excluding hydrogens is 464 g/mol. The van der Waals surface area contributed by atoms with Gasteiger partial charge < -0.3 is 20.0 Å². The van der Waals surface area contributed by atoms with E-state index in [1.807, 2.05) is 55.1 Å². The summed E-state index contributed by atoms with van der Waals surface area (Å²) < 4.78 is 0. The Kier molecular flexibility index (Phi) is 6.82. The highest BCUT2D eigenvalue weighted by atomic mass is 16.2. The first-order chi connectivity index (χ1) is 17.8. The summed E-state index contributed by atoms with van der Waals surface area (Å²) in [7, 11) is 0. The summed E-state index contributed by atoms with van der Waals surface area (Å²) >= 11 is 0. The smallest absolute Gasteiger partial charge is 0.228 e. The fourth-order valence-corrected chi connectivity index (χ4v) is 4.94. The van der Waals surface area contributed by atoms with E-state index >= 15 is 0 Å². The second-order valence-corrected chi connectivity index (χ2v) is 10.2. The predicted octanol–water partition coefficient (Wildman–Crippen LogP) is 4.16. The van der Waals surface area contributed by atoms with Crippen molar-refractivity contribution >= 4 is 35.0 Å². The minimum Gasteiger partial charge on any atom is -0.340 e. The number of aromatic nitrogens is 2. The first-order valence-corrected chi connectivity index (χ1v) is 12.9. The number of hydrogen-bond donors (Lipinski definition) is 1. The van der Waals surface area contributed by atoms with Gasteiger partial charge in [0.1, 0.15) is 5.82 Å². The Hall–Kier alpha value is -3.94. The SMILES string of the molecule is Cc1ccc(Nc2cc(C)nc(N3CCN(C(=O)C4CC(=O)N(c5ccc(C)c(C)c5)C4)CC3)n2)cc1. The fourth-order valence-electron chi connectivity index (χ4n) is 4.94. The van der Waals surface area contributed by atoms with Crippen LogP contribution in [0.5, 0.6) is 0 Å². The number of hydrogen-bond acceptors (Lipinski definition) is 6. The molecule has 37 heavy (non-hydrogen) atoms. The topological polar surface area (TPSA) is 81.7 Å². The molecule has 0 radical (unpaired) electrons. The number of anilines is 4. The Balaban J connectivity index is 1.20. The minimum absolute atomic E-state index is 0.0157. The number of carbonyl (C=O) groups is 2. The normalized spacial score (nSPS) is 17.9. The fraction of sp³-hybridized carbons (Fsp3) is 0.379. The average Bonchev–Trinajstić information content (AvgIpc) is 3.28. The molecule has 8 heteroatoms. The van der Waals surface area contributed by atoms with Crippen LogP contribution < -0.4 is 15.1 Å². The number of piperazine rings is 1. The van der Waals surface area contributed by atoms with Crippen LogP contribution in [0.2, 0.25) is 0 Å². The molecule has 2 aliphatic heterocycles. The Morgan fingerprint density at radius 2 is 1.62 bits per heavy atom. The van der Waals surface area contributed by atoms with Crippen LogP contribution in [-0.4, -0.2) is 59.4 Å². The van der Waals surface area contributed by atoms with Crippen molar-refractivity contribution in [1.29, 1.82) is 0 Å². The maximum absolute atomic E-state index is 13.3. The lowest BCUT2D eigenvalue weighted by atomic mass is 10.1. The molecule has 1 atom stereocenters. The lowest BCUT2D eigenvalue weighted by Gasteiger charge is -2.36. The number of carbonyl (C=O) groups excluding carboxylic acids is 2. The molecule has 2 saturated heterocycles. The van der Waals surface area contributed by atoms with E-state index in [0.29, 0.717) is 38.7 Å². The average molecular weight is 499 g/mol. The molecule has 1 aromatic heterocycles. The van der Waals surface area contributed by atoms with Crippen molar-refractivity contribution in [3.05, 3.63) is 70.9 Å². The van der Waals surface area contributed by atoms with E-state index in [-0.39, 0.29) is 24.2 Å². The zero-order valence-corrected chi connectivity index (χ0v) is 22.0. The second kappa shape index (κ2) is 10.2. The van der Waals surface area contributed by atoms with Crippen molar-refractivity contribution in [2.75, 3.05) is 47.8 Å². The number of rotatable bonds is 5. The third-order valence-corrected chi connectivity index (χ3v) is 7.32. The van der Waals surface area contributed by atoms with Crippen molar-refractivity contribution in [2.24, 2.45) is 5.92 Å². The molecule has 5 rings (SSSR count). The van der Waals surface area contributed by atoms with Crippen molar-refractivity contribution in [1.82, 2.24) is 14.9 Å². The molecule has 2 aromatic carbocycles. The van der Waals surface area contributed by atoms with Gasteiger partial charge in [0.2, 0.25) is 17.8 Å². The standard InChI is InChI=1S/C29H34N6O2/c1-19-5-8-24(9-6-19)31-26-16-22(4)30-29(32-26)34-13-11-33(12-14-34)28(37)23-17-27(36)35(18-23)25-10-7-20(2)21(3)15-25/h5-10,15-16,23H,11-14,17-18H2,1-4H3,(H,30,31,32). The summed E-state index contributed by atoms with van der Waals surface area (Å²) in [4.78, 5) is 41.2. The molecule has 2 amide bonds. The molecule has 3 aromatic rings. The van der Waals surface area contributed by atoms with Gasteiger partial charge in [-0.3, -0.25) is 9.59 Å². The zero-order chi connectivity index (χ0) is 26.1. The van der Waals surface area contributed by atoms with E-state index in [1.54, 1.807) is 4.90 Å². The first-order valence-electron chi connectivity index (χ1n) is 12.9. The van der Waals surface area contributed by atoms with Gasteiger partial charge in [-0.2, -0.15) is 4.98 Å². The predicted molar refractivity (Wildman–Crippen MR) is 146 cm³/mol. The molecule has 0 spiro atoms. The molecule has 0 aliphatic carbocycles. The van der Waals surface area contributed by atoms with Crippen LogP contribution in [0.4, 0.5) is 23.1 Å². The Labute approximate surface area is 218 Å².